The highest BCUT2D eigenvalue weighted by atomic mass is 35.5. The quantitative estimate of drug-likeness (QED) is 0.495. The fraction of sp³-hybridized carbons (Fsp3) is 0.208. The van der Waals surface area contributed by atoms with Crippen LogP contribution in [0.25, 0.3) is 0 Å². The maximum absolute atomic E-state index is 13.3. The molecule has 0 saturated carbocycles. The molecule has 0 unspecified atom stereocenters. The van der Waals surface area contributed by atoms with Gasteiger partial charge in [-0.05, 0) is 67.9 Å². The molecule has 0 aromatic heterocycles. The van der Waals surface area contributed by atoms with Crippen molar-refractivity contribution in [2.24, 2.45) is 0 Å². The summed E-state index contributed by atoms with van der Waals surface area (Å²) in [6.07, 6.45) is 0. The van der Waals surface area contributed by atoms with Crippen LogP contribution >= 0.6 is 11.6 Å². The van der Waals surface area contributed by atoms with Crippen molar-refractivity contribution >= 4 is 33.2 Å². The number of carbonyl (C=O) groups excluding carboxylic acids is 1. The first-order valence-corrected chi connectivity index (χ1v) is 11.9. The number of benzene rings is 3. The van der Waals surface area contributed by atoms with E-state index in [1.54, 1.807) is 36.4 Å². The SMILES string of the molecule is CCOc1ccc(CNC(=O)CN(c2ccc(Cl)cc2)S(=O)(=O)c2ccc(C)cc2)cc1. The first-order valence-electron chi connectivity index (χ1n) is 10.1. The molecule has 3 aromatic rings. The average molecular weight is 473 g/mol. The Morgan fingerprint density at radius 3 is 2.19 bits per heavy atom. The van der Waals surface area contributed by atoms with Crippen molar-refractivity contribution in [1.29, 1.82) is 0 Å². The van der Waals surface area contributed by atoms with E-state index in [4.69, 9.17) is 16.3 Å². The molecule has 0 heterocycles. The molecule has 1 amide bonds. The van der Waals surface area contributed by atoms with Gasteiger partial charge in [-0.15, -0.1) is 0 Å². The number of ether oxygens (including phenoxy) is 1. The van der Waals surface area contributed by atoms with Gasteiger partial charge in [-0.1, -0.05) is 41.4 Å². The summed E-state index contributed by atoms with van der Waals surface area (Å²) in [6, 6.07) is 20.2. The van der Waals surface area contributed by atoms with Crippen LogP contribution in [0.15, 0.2) is 77.7 Å². The van der Waals surface area contributed by atoms with E-state index in [0.717, 1.165) is 21.2 Å². The van der Waals surface area contributed by atoms with Gasteiger partial charge >= 0.3 is 0 Å². The highest BCUT2D eigenvalue weighted by molar-refractivity contribution is 7.92. The number of nitrogens with one attached hydrogen (secondary N) is 1. The minimum absolute atomic E-state index is 0.109. The molecular weight excluding hydrogens is 448 g/mol. The fourth-order valence-electron chi connectivity index (χ4n) is 3.02. The van der Waals surface area contributed by atoms with Gasteiger partial charge in [0.15, 0.2) is 0 Å². The number of hydrogen-bond acceptors (Lipinski definition) is 4. The Hall–Kier alpha value is -3.03. The standard InChI is InChI=1S/C24H25ClN2O4S/c1-3-31-22-12-6-19(7-13-22)16-26-24(28)17-27(21-10-8-20(25)9-11-21)32(29,30)23-14-4-18(2)5-15-23/h4-15H,3,16-17H2,1-2H3,(H,26,28). The molecule has 0 radical (unpaired) electrons. The predicted octanol–water partition coefficient (Wildman–Crippen LogP) is 4.56. The van der Waals surface area contributed by atoms with Gasteiger partial charge in [0.05, 0.1) is 17.2 Å². The van der Waals surface area contributed by atoms with Crippen LogP contribution in [-0.4, -0.2) is 27.5 Å². The Morgan fingerprint density at radius 1 is 0.969 bits per heavy atom. The number of aryl methyl sites for hydroxylation is 1. The van der Waals surface area contributed by atoms with Crippen LogP contribution in [0.1, 0.15) is 18.1 Å². The summed E-state index contributed by atoms with van der Waals surface area (Å²) in [6.45, 7) is 4.26. The first-order chi connectivity index (χ1) is 15.3. The number of rotatable bonds is 9. The summed E-state index contributed by atoms with van der Waals surface area (Å²) in [5, 5.41) is 3.26. The third-order valence-corrected chi connectivity index (χ3v) is 6.77. The lowest BCUT2D eigenvalue weighted by molar-refractivity contribution is -0.119. The molecule has 3 aromatic carbocycles. The molecule has 168 valence electrons. The number of carbonyl (C=O) groups is 1. The zero-order valence-corrected chi connectivity index (χ0v) is 19.5. The number of anilines is 1. The van der Waals surface area contributed by atoms with Crippen molar-refractivity contribution in [3.8, 4) is 5.75 Å². The van der Waals surface area contributed by atoms with Gasteiger partial charge in [0.25, 0.3) is 10.0 Å². The average Bonchev–Trinajstić information content (AvgIpc) is 2.78. The maximum Gasteiger partial charge on any atom is 0.264 e. The molecule has 32 heavy (non-hydrogen) atoms. The van der Waals surface area contributed by atoms with E-state index in [1.165, 1.54) is 12.1 Å². The van der Waals surface area contributed by atoms with Crippen LogP contribution in [0.3, 0.4) is 0 Å². The number of nitrogens with zero attached hydrogens (tertiary/aromatic N) is 1. The Bertz CT molecular complexity index is 1150. The van der Waals surface area contributed by atoms with E-state index in [2.05, 4.69) is 5.32 Å². The molecule has 0 atom stereocenters. The van der Waals surface area contributed by atoms with Crippen LogP contribution in [0.4, 0.5) is 5.69 Å². The Balaban J connectivity index is 1.78. The molecule has 1 N–H and O–H groups in total. The van der Waals surface area contributed by atoms with Crippen molar-refractivity contribution < 1.29 is 17.9 Å². The van der Waals surface area contributed by atoms with Crippen molar-refractivity contribution in [1.82, 2.24) is 5.32 Å². The lowest BCUT2D eigenvalue weighted by Crippen LogP contribution is -2.40. The lowest BCUT2D eigenvalue weighted by atomic mass is 10.2. The predicted molar refractivity (Wildman–Crippen MR) is 127 cm³/mol. The third kappa shape index (κ3) is 6.02. The summed E-state index contributed by atoms with van der Waals surface area (Å²) >= 11 is 5.96. The van der Waals surface area contributed by atoms with Gasteiger partial charge in [-0.2, -0.15) is 0 Å². The summed E-state index contributed by atoms with van der Waals surface area (Å²) < 4.78 is 33.2. The van der Waals surface area contributed by atoms with Crippen molar-refractivity contribution in [3.63, 3.8) is 0 Å². The second-order valence-electron chi connectivity index (χ2n) is 7.15. The van der Waals surface area contributed by atoms with Crippen molar-refractivity contribution in [2.45, 2.75) is 25.3 Å². The van der Waals surface area contributed by atoms with Gasteiger partial charge in [0.1, 0.15) is 12.3 Å². The van der Waals surface area contributed by atoms with Crippen molar-refractivity contribution in [2.75, 3.05) is 17.5 Å². The zero-order valence-electron chi connectivity index (χ0n) is 17.9. The van der Waals surface area contributed by atoms with Crippen LogP contribution < -0.4 is 14.4 Å². The van der Waals surface area contributed by atoms with E-state index < -0.39 is 15.9 Å². The summed E-state index contributed by atoms with van der Waals surface area (Å²) in [4.78, 5) is 12.8. The second-order valence-corrected chi connectivity index (χ2v) is 9.45. The fourth-order valence-corrected chi connectivity index (χ4v) is 4.56. The normalized spacial score (nSPS) is 11.1. The van der Waals surface area contributed by atoms with Gasteiger partial charge in [-0.25, -0.2) is 8.42 Å². The number of halogens is 1. The molecule has 0 aliphatic rings. The smallest absolute Gasteiger partial charge is 0.264 e. The molecule has 0 aliphatic carbocycles. The van der Waals surface area contributed by atoms with Gasteiger partial charge < -0.3 is 10.1 Å². The van der Waals surface area contributed by atoms with Gasteiger partial charge in [0, 0.05) is 11.6 Å². The molecule has 3 rings (SSSR count). The molecule has 8 heteroatoms. The zero-order chi connectivity index (χ0) is 23.1. The van der Waals surface area contributed by atoms with Crippen LogP contribution in [-0.2, 0) is 21.4 Å². The van der Waals surface area contributed by atoms with Crippen LogP contribution in [0.2, 0.25) is 5.02 Å². The maximum atomic E-state index is 13.3. The minimum Gasteiger partial charge on any atom is -0.494 e. The van der Waals surface area contributed by atoms with Gasteiger partial charge in [0.2, 0.25) is 5.91 Å². The van der Waals surface area contributed by atoms with Crippen LogP contribution in [0, 0.1) is 6.92 Å². The largest absolute Gasteiger partial charge is 0.494 e. The first kappa shape index (κ1) is 23.6. The molecule has 6 nitrogen and oxygen atoms in total. The van der Waals surface area contributed by atoms with Crippen LogP contribution in [0.5, 0.6) is 5.75 Å². The second kappa shape index (κ2) is 10.5. The Kier molecular flexibility index (Phi) is 7.77. The van der Waals surface area contributed by atoms with E-state index in [0.29, 0.717) is 17.3 Å². The number of amides is 1. The Labute approximate surface area is 193 Å². The minimum atomic E-state index is -3.96. The van der Waals surface area contributed by atoms with E-state index in [1.807, 2.05) is 38.1 Å². The molecule has 0 spiro atoms. The molecule has 0 bridgehead atoms. The third-order valence-electron chi connectivity index (χ3n) is 4.73. The summed E-state index contributed by atoms with van der Waals surface area (Å²) in [5.41, 5.74) is 2.17. The summed E-state index contributed by atoms with van der Waals surface area (Å²) in [5.74, 6) is 0.324. The molecule has 0 fully saturated rings. The molecule has 0 saturated heterocycles. The van der Waals surface area contributed by atoms with E-state index in [-0.39, 0.29) is 18.0 Å². The monoisotopic (exact) mass is 472 g/mol. The number of hydrogen-bond donors (Lipinski definition) is 1. The Morgan fingerprint density at radius 2 is 1.59 bits per heavy atom. The lowest BCUT2D eigenvalue weighted by Gasteiger charge is -2.24. The summed E-state index contributed by atoms with van der Waals surface area (Å²) in [7, 11) is -3.96. The van der Waals surface area contributed by atoms with Gasteiger partial charge in [-0.3, -0.25) is 9.10 Å². The van der Waals surface area contributed by atoms with E-state index >= 15 is 0 Å². The molecule has 0 aliphatic heterocycles. The van der Waals surface area contributed by atoms with E-state index in [9.17, 15) is 13.2 Å². The number of sulfonamides is 1. The highest BCUT2D eigenvalue weighted by Gasteiger charge is 2.27. The molecular formula is C24H25ClN2O4S. The van der Waals surface area contributed by atoms with Crippen molar-refractivity contribution in [3.05, 3.63) is 88.9 Å². The topological polar surface area (TPSA) is 75.7 Å². The highest BCUT2D eigenvalue weighted by Crippen LogP contribution is 2.25.